The number of rotatable bonds is 10. The number of Topliss-reactive ketones (excluding diaryl/α,β-unsaturated/α-hetero) is 2. The van der Waals surface area contributed by atoms with Crippen molar-refractivity contribution in [2.45, 2.75) is 19.8 Å². The van der Waals surface area contributed by atoms with E-state index in [0.29, 0.717) is 12.0 Å². The van der Waals surface area contributed by atoms with Gasteiger partial charge in [-0.1, -0.05) is 49.4 Å². The molecule has 1 unspecified atom stereocenters. The predicted molar refractivity (Wildman–Crippen MR) is 116 cm³/mol. The van der Waals surface area contributed by atoms with Crippen molar-refractivity contribution >= 4 is 28.2 Å². The summed E-state index contributed by atoms with van der Waals surface area (Å²) in [5.74, 6) is -10.5. The summed E-state index contributed by atoms with van der Waals surface area (Å²) in [6.45, 7) is 0.233. The molecule has 0 bridgehead atoms. The minimum atomic E-state index is -1.77. The molecule has 3 aromatic rings. The van der Waals surface area contributed by atoms with Crippen molar-refractivity contribution in [2.75, 3.05) is 13.2 Å². The van der Waals surface area contributed by atoms with Crippen LogP contribution < -0.4 is 10.1 Å². The lowest BCUT2D eigenvalue weighted by Gasteiger charge is -2.15. The van der Waals surface area contributed by atoms with Gasteiger partial charge in [0.15, 0.2) is 29.0 Å². The lowest BCUT2D eigenvalue weighted by atomic mass is 9.92. The molecule has 0 aromatic heterocycles. The zero-order valence-corrected chi connectivity index (χ0v) is 18.2. The van der Waals surface area contributed by atoms with Crippen molar-refractivity contribution in [3.63, 3.8) is 0 Å². The first-order valence-corrected chi connectivity index (χ1v) is 10.5. The van der Waals surface area contributed by atoms with Gasteiger partial charge in [0.2, 0.25) is 17.5 Å². The molecule has 178 valence electrons. The zero-order valence-electron chi connectivity index (χ0n) is 18.2. The molecule has 0 spiro atoms. The Labute approximate surface area is 192 Å². The van der Waals surface area contributed by atoms with Crippen LogP contribution >= 0.6 is 0 Å². The van der Waals surface area contributed by atoms with E-state index >= 15 is 0 Å². The van der Waals surface area contributed by atoms with Crippen molar-refractivity contribution in [3.8, 4) is 5.75 Å². The third-order valence-corrected chi connectivity index (χ3v) is 5.29. The highest BCUT2D eigenvalue weighted by molar-refractivity contribution is 6.09. The number of hydrogen-bond donors (Lipinski definition) is 1. The number of ether oxygens (including phenoxy) is 1. The third kappa shape index (κ3) is 5.59. The monoisotopic (exact) mass is 475 g/mol. The second kappa shape index (κ2) is 10.9. The second-order valence-corrected chi connectivity index (χ2v) is 7.60. The Hall–Kier alpha value is -3.75. The molecule has 1 amide bonds. The van der Waals surface area contributed by atoms with Crippen molar-refractivity contribution in [1.82, 2.24) is 5.32 Å². The lowest BCUT2D eigenvalue weighted by Crippen LogP contribution is -2.37. The topological polar surface area (TPSA) is 72.5 Å². The fourth-order valence-electron chi connectivity index (χ4n) is 3.44. The van der Waals surface area contributed by atoms with Crippen LogP contribution in [0.1, 0.15) is 30.1 Å². The van der Waals surface area contributed by atoms with Gasteiger partial charge in [-0.05, 0) is 17.2 Å². The highest BCUT2D eigenvalue weighted by Crippen LogP contribution is 2.26. The van der Waals surface area contributed by atoms with Crippen LogP contribution in [0.3, 0.4) is 0 Å². The molecule has 1 N–H and O–H groups in total. The fraction of sp³-hybridized carbons (Fsp3) is 0.240. The maximum absolute atomic E-state index is 13.6. The number of ketones is 2. The molecule has 9 heteroatoms. The molecule has 3 rings (SSSR count). The molecule has 0 saturated heterocycles. The van der Waals surface area contributed by atoms with Crippen molar-refractivity contribution in [1.29, 1.82) is 0 Å². The molecule has 0 saturated carbocycles. The van der Waals surface area contributed by atoms with E-state index in [1.54, 1.807) is 19.1 Å². The molecular weight excluding hydrogens is 454 g/mol. The van der Waals surface area contributed by atoms with E-state index in [1.807, 2.05) is 30.3 Å². The van der Waals surface area contributed by atoms with E-state index in [9.17, 15) is 31.9 Å². The largest absolute Gasteiger partial charge is 0.479 e. The summed E-state index contributed by atoms with van der Waals surface area (Å²) in [4.78, 5) is 37.3. The molecule has 3 aromatic carbocycles. The molecule has 0 aliphatic carbocycles. The average molecular weight is 475 g/mol. The molecule has 1 atom stereocenters. The Balaban J connectivity index is 1.57. The van der Waals surface area contributed by atoms with Gasteiger partial charge >= 0.3 is 0 Å². The van der Waals surface area contributed by atoms with E-state index in [-0.39, 0.29) is 18.3 Å². The van der Waals surface area contributed by atoms with Crippen LogP contribution in [0.4, 0.5) is 17.6 Å². The molecule has 0 radical (unpaired) electrons. The number of nitrogens with one attached hydrogen (secondary N) is 1. The normalized spacial score (nSPS) is 11.8. The Morgan fingerprint density at radius 1 is 0.941 bits per heavy atom. The summed E-state index contributed by atoms with van der Waals surface area (Å²) >= 11 is 0. The molecule has 0 fully saturated rings. The van der Waals surface area contributed by atoms with E-state index in [0.717, 1.165) is 10.8 Å². The van der Waals surface area contributed by atoms with Crippen molar-refractivity contribution in [2.24, 2.45) is 5.92 Å². The number of fused-ring (bicyclic) bond motifs is 1. The van der Waals surface area contributed by atoms with Gasteiger partial charge in [-0.3, -0.25) is 14.4 Å². The first-order chi connectivity index (χ1) is 16.2. The molecule has 0 aliphatic rings. The summed E-state index contributed by atoms with van der Waals surface area (Å²) in [6, 6.07) is 12.7. The highest BCUT2D eigenvalue weighted by atomic mass is 19.2. The SMILES string of the molecule is CCC(CC(=O)c1cccc2ccccc12)C(=O)NCC(=O)COc1c(F)c(F)cc(F)c1F. The third-order valence-electron chi connectivity index (χ3n) is 5.29. The first-order valence-electron chi connectivity index (χ1n) is 10.5. The molecule has 34 heavy (non-hydrogen) atoms. The molecule has 5 nitrogen and oxygen atoms in total. The van der Waals surface area contributed by atoms with E-state index < -0.39 is 59.8 Å². The minimum absolute atomic E-state index is 0.0179. The van der Waals surface area contributed by atoms with Crippen molar-refractivity contribution < 1.29 is 36.7 Å². The fourth-order valence-corrected chi connectivity index (χ4v) is 3.44. The van der Waals surface area contributed by atoms with Gasteiger partial charge in [0.25, 0.3) is 0 Å². The maximum atomic E-state index is 13.6. The number of carbonyl (C=O) groups excluding carboxylic acids is 3. The van der Waals surface area contributed by atoms with Crippen LogP contribution in [-0.2, 0) is 9.59 Å². The number of hydrogen-bond acceptors (Lipinski definition) is 4. The van der Waals surface area contributed by atoms with Crippen LogP contribution in [0.5, 0.6) is 5.75 Å². The summed E-state index contributed by atoms with van der Waals surface area (Å²) in [5, 5.41) is 4.02. The Kier molecular flexibility index (Phi) is 7.99. The molecule has 0 heterocycles. The Morgan fingerprint density at radius 2 is 1.59 bits per heavy atom. The first kappa shape index (κ1) is 24.9. The van der Waals surface area contributed by atoms with Gasteiger partial charge in [0, 0.05) is 24.0 Å². The minimum Gasteiger partial charge on any atom is -0.479 e. The summed E-state index contributed by atoms with van der Waals surface area (Å²) in [6.07, 6.45) is 0.242. The second-order valence-electron chi connectivity index (χ2n) is 7.60. The van der Waals surface area contributed by atoms with E-state index in [1.165, 1.54) is 0 Å². The highest BCUT2D eigenvalue weighted by Gasteiger charge is 2.24. The van der Waals surface area contributed by atoms with Gasteiger partial charge in [0.1, 0.15) is 6.61 Å². The Bertz CT molecular complexity index is 1210. The number of amides is 1. The van der Waals surface area contributed by atoms with E-state index in [2.05, 4.69) is 10.1 Å². The summed E-state index contributed by atoms with van der Waals surface area (Å²) in [7, 11) is 0. The standard InChI is InChI=1S/C25H21F4NO4/c1-2-14(10-21(32)18-9-5-7-15-6-3-4-8-17(15)18)25(33)30-12-16(31)13-34-24-22(28)19(26)11-20(27)23(24)29/h3-9,11,14H,2,10,12-13H2,1H3,(H,30,33). The lowest BCUT2D eigenvalue weighted by molar-refractivity contribution is -0.128. The smallest absolute Gasteiger partial charge is 0.223 e. The van der Waals surface area contributed by atoms with Crippen molar-refractivity contribution in [3.05, 3.63) is 77.4 Å². The Morgan fingerprint density at radius 3 is 2.26 bits per heavy atom. The summed E-state index contributed by atoms with van der Waals surface area (Å²) < 4.78 is 58.2. The maximum Gasteiger partial charge on any atom is 0.223 e. The molecule has 0 aliphatic heterocycles. The summed E-state index contributed by atoms with van der Waals surface area (Å²) in [5.41, 5.74) is 0.486. The van der Waals surface area contributed by atoms with Gasteiger partial charge in [-0.2, -0.15) is 8.78 Å². The number of carbonyl (C=O) groups is 3. The van der Waals surface area contributed by atoms with Crippen LogP contribution in [0.25, 0.3) is 10.8 Å². The van der Waals surface area contributed by atoms with E-state index in [4.69, 9.17) is 0 Å². The quantitative estimate of drug-likeness (QED) is 0.261. The van der Waals surface area contributed by atoms with Crippen LogP contribution in [-0.4, -0.2) is 30.6 Å². The van der Waals surface area contributed by atoms with Crippen LogP contribution in [0.2, 0.25) is 0 Å². The molecular formula is C25H21F4NO4. The zero-order chi connectivity index (χ0) is 24.8. The van der Waals surface area contributed by atoms with Crippen LogP contribution in [0.15, 0.2) is 48.5 Å². The average Bonchev–Trinajstić information content (AvgIpc) is 2.84. The van der Waals surface area contributed by atoms with Crippen LogP contribution in [0, 0.1) is 29.2 Å². The number of halogens is 4. The van der Waals surface area contributed by atoms with Gasteiger partial charge in [0.05, 0.1) is 6.54 Å². The van der Waals surface area contributed by atoms with Gasteiger partial charge in [-0.25, -0.2) is 8.78 Å². The predicted octanol–water partition coefficient (Wildman–Crippen LogP) is 4.76. The van der Waals surface area contributed by atoms with Gasteiger partial charge in [-0.15, -0.1) is 0 Å². The van der Waals surface area contributed by atoms with Gasteiger partial charge < -0.3 is 10.1 Å². The number of benzene rings is 3.